The largest absolute Gasteiger partial charge is 0.577 e. The highest BCUT2D eigenvalue weighted by Crippen LogP contribution is 2.18. The lowest BCUT2D eigenvalue weighted by atomic mass is 10.0. The van der Waals surface area contributed by atoms with E-state index >= 15 is 0 Å². The summed E-state index contributed by atoms with van der Waals surface area (Å²) in [4.78, 5) is 29.3. The van der Waals surface area contributed by atoms with Crippen LogP contribution in [0, 0.1) is 0 Å². The Morgan fingerprint density at radius 3 is 1.45 bits per heavy atom. The van der Waals surface area contributed by atoms with Gasteiger partial charge in [0.2, 0.25) is 0 Å². The van der Waals surface area contributed by atoms with E-state index in [4.69, 9.17) is 9.78 Å². The summed E-state index contributed by atoms with van der Waals surface area (Å²) in [6.45, 7) is 11.2. The molecular formula is C13H26O7. The van der Waals surface area contributed by atoms with Crippen molar-refractivity contribution < 1.29 is 34.4 Å². The fourth-order valence-electron chi connectivity index (χ4n) is 1.58. The van der Waals surface area contributed by atoms with Crippen LogP contribution >= 0.6 is 0 Å². The fourth-order valence-corrected chi connectivity index (χ4v) is 1.58. The van der Waals surface area contributed by atoms with Gasteiger partial charge in [-0.2, -0.15) is 14.6 Å². The molecule has 0 aliphatic carbocycles. The zero-order valence-electron chi connectivity index (χ0n) is 13.2. The molecule has 20 heavy (non-hydrogen) atoms. The van der Waals surface area contributed by atoms with Gasteiger partial charge in [0.1, 0.15) is 11.2 Å². The summed E-state index contributed by atoms with van der Waals surface area (Å²) in [6.07, 6.45) is 2.09. The smallest absolute Gasteiger partial charge is 0.226 e. The predicted molar refractivity (Wildman–Crippen MR) is 69.9 cm³/mol. The lowest BCUT2D eigenvalue weighted by molar-refractivity contribution is -0.554. The Kier molecular flexibility index (Phi) is 8.71. The van der Waals surface area contributed by atoms with Crippen molar-refractivity contribution in [3.05, 3.63) is 0 Å². The van der Waals surface area contributed by atoms with E-state index in [1.165, 1.54) is 0 Å². The average Bonchev–Trinajstić information content (AvgIpc) is 2.27. The van der Waals surface area contributed by atoms with Crippen molar-refractivity contribution in [3.8, 4) is 0 Å². The highest BCUT2D eigenvalue weighted by molar-refractivity contribution is 5.57. The van der Waals surface area contributed by atoms with Crippen molar-refractivity contribution in [2.75, 3.05) is 0 Å². The average molecular weight is 294 g/mol. The van der Waals surface area contributed by atoms with Crippen LogP contribution in [0.4, 0.5) is 4.79 Å². The summed E-state index contributed by atoms with van der Waals surface area (Å²) in [5, 5.41) is 8.67. The zero-order valence-corrected chi connectivity index (χ0v) is 13.2. The van der Waals surface area contributed by atoms with E-state index < -0.39 is 17.4 Å². The SMILES string of the molecule is CCCC(C)(C)OOOC(=O)OOOC(C)(C)CCC. The maximum atomic E-state index is 11.1. The first kappa shape index (κ1) is 19.1. The van der Waals surface area contributed by atoms with Crippen LogP contribution in [0.5, 0.6) is 0 Å². The third kappa shape index (κ3) is 9.96. The molecule has 0 aliphatic rings. The second-order valence-corrected chi connectivity index (χ2v) is 5.74. The highest BCUT2D eigenvalue weighted by Gasteiger charge is 2.22. The molecule has 0 radical (unpaired) electrons. The number of hydrogen-bond acceptors (Lipinski definition) is 7. The molecule has 120 valence electrons. The Labute approximate surface area is 120 Å². The number of hydrogen-bond donors (Lipinski definition) is 0. The molecule has 0 aromatic carbocycles. The maximum Gasteiger partial charge on any atom is 0.577 e. The fraction of sp³-hybridized carbons (Fsp3) is 0.923. The van der Waals surface area contributed by atoms with E-state index in [-0.39, 0.29) is 0 Å². The monoisotopic (exact) mass is 294 g/mol. The first-order valence-electron chi connectivity index (χ1n) is 6.81. The minimum absolute atomic E-state index is 0.560. The topological polar surface area (TPSA) is 72.5 Å². The molecule has 0 aromatic rings. The van der Waals surface area contributed by atoms with Gasteiger partial charge >= 0.3 is 6.16 Å². The van der Waals surface area contributed by atoms with Crippen LogP contribution in [0.15, 0.2) is 0 Å². The molecule has 0 amide bonds. The van der Waals surface area contributed by atoms with Gasteiger partial charge < -0.3 is 0 Å². The predicted octanol–water partition coefficient (Wildman–Crippen LogP) is 4.02. The number of rotatable bonds is 10. The van der Waals surface area contributed by atoms with Crippen molar-refractivity contribution in [3.63, 3.8) is 0 Å². The number of carbonyl (C=O) groups is 1. The summed E-state index contributed by atoms with van der Waals surface area (Å²) in [5.74, 6) is 0. The first-order chi connectivity index (χ1) is 9.22. The summed E-state index contributed by atoms with van der Waals surface area (Å²) < 4.78 is 0. The van der Waals surface area contributed by atoms with Crippen molar-refractivity contribution in [2.45, 2.75) is 78.4 Å². The molecule has 0 atom stereocenters. The molecule has 0 saturated carbocycles. The first-order valence-corrected chi connectivity index (χ1v) is 6.81. The Morgan fingerprint density at radius 2 is 1.15 bits per heavy atom. The Morgan fingerprint density at radius 1 is 0.800 bits per heavy atom. The molecule has 0 aliphatic heterocycles. The van der Waals surface area contributed by atoms with Gasteiger partial charge in [-0.15, -0.1) is 0 Å². The Bertz CT molecular complexity index is 250. The van der Waals surface area contributed by atoms with Gasteiger partial charge in [0.15, 0.2) is 0 Å². The Hall–Kier alpha value is -0.890. The van der Waals surface area contributed by atoms with Gasteiger partial charge in [0, 0.05) is 0 Å². The molecule has 0 N–H and O–H groups in total. The van der Waals surface area contributed by atoms with E-state index in [1.807, 2.05) is 13.8 Å². The van der Waals surface area contributed by atoms with Crippen LogP contribution in [0.2, 0.25) is 0 Å². The minimum Gasteiger partial charge on any atom is -0.226 e. The second-order valence-electron chi connectivity index (χ2n) is 5.74. The van der Waals surface area contributed by atoms with Gasteiger partial charge in [-0.25, -0.2) is 9.78 Å². The molecule has 7 heteroatoms. The van der Waals surface area contributed by atoms with Crippen molar-refractivity contribution in [2.24, 2.45) is 0 Å². The zero-order chi connectivity index (χ0) is 15.6. The van der Waals surface area contributed by atoms with E-state index in [0.29, 0.717) is 0 Å². The molecule has 7 nitrogen and oxygen atoms in total. The van der Waals surface area contributed by atoms with Gasteiger partial charge in [-0.1, -0.05) is 26.7 Å². The summed E-state index contributed by atoms with van der Waals surface area (Å²) in [7, 11) is 0. The van der Waals surface area contributed by atoms with E-state index in [1.54, 1.807) is 27.7 Å². The molecule has 0 bridgehead atoms. The molecule has 0 heterocycles. The molecule has 0 unspecified atom stereocenters. The number of carbonyl (C=O) groups excluding carboxylic acids is 1. The molecule has 0 aromatic heterocycles. The molecule has 0 fully saturated rings. The van der Waals surface area contributed by atoms with Crippen LogP contribution in [0.3, 0.4) is 0 Å². The summed E-state index contributed by atoms with van der Waals surface area (Å²) in [6, 6.07) is 0. The van der Waals surface area contributed by atoms with E-state index in [2.05, 4.69) is 19.9 Å². The molecular weight excluding hydrogens is 268 g/mol. The summed E-state index contributed by atoms with van der Waals surface area (Å²) >= 11 is 0. The normalized spacial score (nSPS) is 12.3. The van der Waals surface area contributed by atoms with Crippen LogP contribution < -0.4 is 0 Å². The standard InChI is InChI=1S/C13H26O7/c1-7-9-12(3,4)17-19-15-11(14)16-20-18-13(5,6)10-8-2/h7-10H2,1-6H3. The van der Waals surface area contributed by atoms with E-state index in [0.717, 1.165) is 25.7 Å². The van der Waals surface area contributed by atoms with Crippen LogP contribution in [-0.2, 0) is 29.6 Å². The Balaban J connectivity index is 3.75. The minimum atomic E-state index is -1.22. The van der Waals surface area contributed by atoms with Crippen molar-refractivity contribution in [1.82, 2.24) is 0 Å². The quantitative estimate of drug-likeness (QED) is 0.445. The van der Waals surface area contributed by atoms with Crippen molar-refractivity contribution >= 4 is 6.16 Å². The second kappa shape index (κ2) is 9.12. The van der Waals surface area contributed by atoms with Crippen molar-refractivity contribution in [1.29, 1.82) is 0 Å². The van der Waals surface area contributed by atoms with E-state index in [9.17, 15) is 4.79 Å². The van der Waals surface area contributed by atoms with Crippen LogP contribution in [0.25, 0.3) is 0 Å². The molecule has 0 spiro atoms. The van der Waals surface area contributed by atoms with Crippen LogP contribution in [-0.4, -0.2) is 17.4 Å². The van der Waals surface area contributed by atoms with Gasteiger partial charge in [-0.3, -0.25) is 0 Å². The third-order valence-electron chi connectivity index (χ3n) is 2.43. The lowest BCUT2D eigenvalue weighted by Crippen LogP contribution is -2.26. The summed E-state index contributed by atoms with van der Waals surface area (Å²) in [5.41, 5.74) is -1.12. The third-order valence-corrected chi connectivity index (χ3v) is 2.43. The van der Waals surface area contributed by atoms with Crippen LogP contribution in [0.1, 0.15) is 67.2 Å². The van der Waals surface area contributed by atoms with Gasteiger partial charge in [0.05, 0.1) is 0 Å². The highest BCUT2D eigenvalue weighted by atomic mass is 17.6. The van der Waals surface area contributed by atoms with Gasteiger partial charge in [-0.05, 0) is 50.6 Å². The van der Waals surface area contributed by atoms with Gasteiger partial charge in [0.25, 0.3) is 0 Å². The molecule has 0 saturated heterocycles. The maximum absolute atomic E-state index is 11.1. The molecule has 0 rings (SSSR count). The lowest BCUT2D eigenvalue weighted by Gasteiger charge is -2.21.